The molecule has 0 aliphatic heterocycles. The van der Waals surface area contributed by atoms with E-state index < -0.39 is 0 Å². The van der Waals surface area contributed by atoms with E-state index in [1.807, 2.05) is 36.4 Å². The maximum atomic E-state index is 6.97. The number of furan rings is 1. The van der Waals surface area contributed by atoms with Gasteiger partial charge in [-0.25, -0.2) is 15.0 Å². The first-order valence-corrected chi connectivity index (χ1v) is 22.0. The van der Waals surface area contributed by atoms with Crippen LogP contribution in [0.15, 0.2) is 229 Å². The summed E-state index contributed by atoms with van der Waals surface area (Å²) < 4.78 is 6.97. The minimum absolute atomic E-state index is 0.614. The van der Waals surface area contributed by atoms with Crippen molar-refractivity contribution in [2.75, 3.05) is 0 Å². The van der Waals surface area contributed by atoms with Crippen molar-refractivity contribution in [2.24, 2.45) is 0 Å². The van der Waals surface area contributed by atoms with Crippen molar-refractivity contribution in [1.29, 1.82) is 0 Å². The third kappa shape index (κ3) is 6.18. The van der Waals surface area contributed by atoms with E-state index in [1.165, 1.54) is 49.0 Å². The van der Waals surface area contributed by atoms with Crippen LogP contribution in [0.2, 0.25) is 0 Å². The normalized spacial score (nSPS) is 11.7. The van der Waals surface area contributed by atoms with Gasteiger partial charge in [-0.05, 0) is 77.7 Å². The third-order valence-electron chi connectivity index (χ3n) is 12.9. The molecule has 65 heavy (non-hydrogen) atoms. The van der Waals surface area contributed by atoms with Crippen molar-refractivity contribution < 1.29 is 4.42 Å². The molecule has 0 N–H and O–H groups in total. The lowest BCUT2D eigenvalue weighted by atomic mass is 9.90. The van der Waals surface area contributed by atoms with Crippen LogP contribution in [-0.2, 0) is 0 Å². The minimum atomic E-state index is 0.614. The molecule has 2 aromatic heterocycles. The smallest absolute Gasteiger partial charge is 0.164 e. The predicted molar refractivity (Wildman–Crippen MR) is 270 cm³/mol. The highest BCUT2D eigenvalue weighted by Crippen LogP contribution is 2.44. The van der Waals surface area contributed by atoms with Crippen LogP contribution in [0.1, 0.15) is 0 Å². The quantitative estimate of drug-likeness (QED) is 0.157. The van der Waals surface area contributed by atoms with E-state index in [0.717, 1.165) is 66.1 Å². The van der Waals surface area contributed by atoms with Gasteiger partial charge < -0.3 is 4.42 Å². The SMILES string of the molecule is c1ccc(-c2ccc(-c3nc(-c4ccccc4)nc(-c4ccc(-c5cccc6c5oc5c7ccccc7c(-c7ccc8c9ccccc9c9ccccc9c8c7)cc65)cc4)n3)cc2)cc1. The Hall–Kier alpha value is -8.73. The van der Waals surface area contributed by atoms with Crippen molar-refractivity contribution >= 4 is 65.0 Å². The molecule has 0 spiro atoms. The first-order chi connectivity index (χ1) is 32.2. The number of hydrogen-bond donors (Lipinski definition) is 0. The molecule has 0 radical (unpaired) electrons. The van der Waals surface area contributed by atoms with Gasteiger partial charge in [0.05, 0.1) is 0 Å². The molecule has 11 aromatic carbocycles. The number of nitrogens with zero attached hydrogens (tertiary/aromatic N) is 3. The predicted octanol–water partition coefficient (Wildman–Crippen LogP) is 16.4. The Kier molecular flexibility index (Phi) is 8.50. The van der Waals surface area contributed by atoms with E-state index in [4.69, 9.17) is 19.4 Å². The van der Waals surface area contributed by atoms with Crippen molar-refractivity contribution in [3.05, 3.63) is 224 Å². The van der Waals surface area contributed by atoms with E-state index in [2.05, 4.69) is 188 Å². The van der Waals surface area contributed by atoms with Crippen LogP contribution in [0.5, 0.6) is 0 Å². The second-order valence-electron chi connectivity index (χ2n) is 16.7. The van der Waals surface area contributed by atoms with Crippen LogP contribution in [-0.4, -0.2) is 15.0 Å². The molecule has 2 heterocycles. The number of para-hydroxylation sites is 1. The van der Waals surface area contributed by atoms with Crippen molar-refractivity contribution in [1.82, 2.24) is 15.0 Å². The highest BCUT2D eigenvalue weighted by atomic mass is 16.3. The monoisotopic (exact) mass is 827 g/mol. The van der Waals surface area contributed by atoms with Crippen molar-refractivity contribution in [3.8, 4) is 67.5 Å². The van der Waals surface area contributed by atoms with Crippen LogP contribution >= 0.6 is 0 Å². The van der Waals surface area contributed by atoms with Crippen molar-refractivity contribution in [3.63, 3.8) is 0 Å². The molecule has 4 heteroatoms. The Labute approximate surface area is 374 Å². The molecule has 0 aliphatic rings. The first kappa shape index (κ1) is 36.9. The van der Waals surface area contributed by atoms with Crippen LogP contribution in [0.3, 0.4) is 0 Å². The molecule has 0 saturated carbocycles. The van der Waals surface area contributed by atoms with Gasteiger partial charge in [-0.2, -0.15) is 0 Å². The maximum absolute atomic E-state index is 6.97. The lowest BCUT2D eigenvalue weighted by Crippen LogP contribution is -2.00. The average molecular weight is 828 g/mol. The van der Waals surface area contributed by atoms with E-state index in [-0.39, 0.29) is 0 Å². The summed E-state index contributed by atoms with van der Waals surface area (Å²) in [6, 6.07) is 79.3. The molecular weight excluding hydrogens is 791 g/mol. The highest BCUT2D eigenvalue weighted by molar-refractivity contribution is 6.26. The molecule has 0 atom stereocenters. The fraction of sp³-hybridized carbons (Fsp3) is 0. The molecule has 302 valence electrons. The average Bonchev–Trinajstić information content (AvgIpc) is 3.78. The molecule has 0 fully saturated rings. The Morgan fingerprint density at radius 2 is 0.615 bits per heavy atom. The number of benzene rings is 11. The van der Waals surface area contributed by atoms with Crippen LogP contribution in [0.25, 0.3) is 133 Å². The molecular formula is C61H37N3O. The summed E-state index contributed by atoms with van der Waals surface area (Å²) in [7, 11) is 0. The Bertz CT molecular complexity index is 3940. The van der Waals surface area contributed by atoms with E-state index in [9.17, 15) is 0 Å². The van der Waals surface area contributed by atoms with Crippen molar-refractivity contribution in [2.45, 2.75) is 0 Å². The lowest BCUT2D eigenvalue weighted by molar-refractivity contribution is 0.674. The second-order valence-corrected chi connectivity index (χ2v) is 16.7. The Morgan fingerprint density at radius 1 is 0.215 bits per heavy atom. The molecule has 0 bridgehead atoms. The van der Waals surface area contributed by atoms with E-state index >= 15 is 0 Å². The molecule has 0 aliphatic carbocycles. The summed E-state index contributed by atoms with van der Waals surface area (Å²) in [5, 5.41) is 12.0. The number of rotatable bonds is 6. The molecule has 13 aromatic rings. The fourth-order valence-corrected chi connectivity index (χ4v) is 9.75. The minimum Gasteiger partial charge on any atom is -0.455 e. The van der Waals surface area contributed by atoms with E-state index in [0.29, 0.717) is 17.5 Å². The van der Waals surface area contributed by atoms with E-state index in [1.54, 1.807) is 0 Å². The van der Waals surface area contributed by atoms with Gasteiger partial charge in [0.15, 0.2) is 17.5 Å². The molecule has 0 amide bonds. The maximum Gasteiger partial charge on any atom is 0.164 e. The molecule has 0 unspecified atom stereocenters. The van der Waals surface area contributed by atoms with Crippen LogP contribution < -0.4 is 0 Å². The van der Waals surface area contributed by atoms with Gasteiger partial charge in [0.1, 0.15) is 11.2 Å². The topological polar surface area (TPSA) is 51.8 Å². The molecule has 13 rings (SSSR count). The van der Waals surface area contributed by atoms with Gasteiger partial charge in [-0.15, -0.1) is 0 Å². The zero-order chi connectivity index (χ0) is 42.8. The van der Waals surface area contributed by atoms with Crippen LogP contribution in [0, 0.1) is 0 Å². The first-order valence-electron chi connectivity index (χ1n) is 22.0. The lowest BCUT2D eigenvalue weighted by Gasteiger charge is -2.13. The molecule has 0 saturated heterocycles. The summed E-state index contributed by atoms with van der Waals surface area (Å²) in [4.78, 5) is 15.0. The zero-order valence-corrected chi connectivity index (χ0v) is 35.1. The number of aromatic nitrogens is 3. The van der Waals surface area contributed by atoms with Gasteiger partial charge in [-0.1, -0.05) is 212 Å². The largest absolute Gasteiger partial charge is 0.455 e. The van der Waals surface area contributed by atoms with Gasteiger partial charge >= 0.3 is 0 Å². The number of hydrogen-bond acceptors (Lipinski definition) is 4. The summed E-state index contributed by atoms with van der Waals surface area (Å²) in [5.41, 5.74) is 11.3. The van der Waals surface area contributed by atoms with Crippen LogP contribution in [0.4, 0.5) is 0 Å². The van der Waals surface area contributed by atoms with Gasteiger partial charge in [-0.3, -0.25) is 0 Å². The van der Waals surface area contributed by atoms with Gasteiger partial charge in [0, 0.05) is 38.4 Å². The molecule has 4 nitrogen and oxygen atoms in total. The second kappa shape index (κ2) is 15.0. The summed E-state index contributed by atoms with van der Waals surface area (Å²) in [6.07, 6.45) is 0. The highest BCUT2D eigenvalue weighted by Gasteiger charge is 2.19. The summed E-state index contributed by atoms with van der Waals surface area (Å²) in [5.74, 6) is 1.87. The fourth-order valence-electron chi connectivity index (χ4n) is 9.75. The van der Waals surface area contributed by atoms with Gasteiger partial charge in [0.25, 0.3) is 0 Å². The number of fused-ring (bicyclic) bond motifs is 11. The zero-order valence-electron chi connectivity index (χ0n) is 35.1. The Balaban J connectivity index is 0.913. The summed E-state index contributed by atoms with van der Waals surface area (Å²) >= 11 is 0. The standard InChI is InChI=1S/C61H37N3O/c1-3-14-38(15-4-1)39-26-30-42(31-27-39)60-62-59(41-16-5-2-6-17-41)63-61(64-60)43-32-28-40(29-33-43)45-24-13-25-53-56-37-54(50-22-11-12-23-52(50)58(56)65-57(45)53)44-34-35-51-48-20-8-7-18-46(48)47-19-9-10-21-49(47)55(51)36-44/h1-37H. The third-order valence-corrected chi connectivity index (χ3v) is 12.9. The Morgan fingerprint density at radius 3 is 1.22 bits per heavy atom. The van der Waals surface area contributed by atoms with Gasteiger partial charge in [0.2, 0.25) is 0 Å². The summed E-state index contributed by atoms with van der Waals surface area (Å²) in [6.45, 7) is 0.